The van der Waals surface area contributed by atoms with E-state index in [1.807, 2.05) is 6.07 Å². The van der Waals surface area contributed by atoms with Crippen molar-refractivity contribution < 1.29 is 9.31 Å². The Labute approximate surface area is 112 Å². The lowest BCUT2D eigenvalue weighted by Crippen LogP contribution is -2.24. The molecule has 0 saturated heterocycles. The zero-order valence-electron chi connectivity index (χ0n) is 9.85. The molecule has 1 atom stereocenters. The van der Waals surface area contributed by atoms with Gasteiger partial charge in [0.25, 0.3) is 5.69 Å². The van der Waals surface area contributed by atoms with Crippen molar-refractivity contribution in [3.05, 3.63) is 32.5 Å². The van der Waals surface area contributed by atoms with Crippen molar-refractivity contribution in [1.82, 2.24) is 0 Å². The van der Waals surface area contributed by atoms with E-state index in [2.05, 4.69) is 15.9 Å². The van der Waals surface area contributed by atoms with Gasteiger partial charge < -0.3 is 4.90 Å². The Hall–Kier alpha value is -1.68. The second kappa shape index (κ2) is 5.78. The maximum atomic E-state index is 13.4. The lowest BCUT2D eigenvalue weighted by Gasteiger charge is -2.20. The molecule has 1 unspecified atom stereocenters. The van der Waals surface area contributed by atoms with Gasteiger partial charge in [0.15, 0.2) is 0 Å². The van der Waals surface area contributed by atoms with Crippen LogP contribution in [0, 0.1) is 33.2 Å². The van der Waals surface area contributed by atoms with Crippen LogP contribution in [0.1, 0.15) is 6.92 Å². The number of nitro benzene ring substituents is 1. The first-order valence-electron chi connectivity index (χ1n) is 5.11. The third kappa shape index (κ3) is 3.17. The Morgan fingerprint density at radius 2 is 2.28 bits per heavy atom. The largest absolute Gasteiger partial charge is 0.368 e. The summed E-state index contributed by atoms with van der Waals surface area (Å²) < 4.78 is 13.5. The van der Waals surface area contributed by atoms with Crippen molar-refractivity contribution in [2.75, 3.05) is 18.5 Å². The van der Waals surface area contributed by atoms with Crippen LogP contribution in [0.25, 0.3) is 0 Å². The van der Waals surface area contributed by atoms with E-state index in [0.29, 0.717) is 6.54 Å². The zero-order valence-corrected chi connectivity index (χ0v) is 11.4. The summed E-state index contributed by atoms with van der Waals surface area (Å²) in [5.41, 5.74) is -0.0429. The molecule has 96 valence electrons. The fourth-order valence-corrected chi connectivity index (χ4v) is 1.86. The quantitative estimate of drug-likeness (QED) is 0.632. The van der Waals surface area contributed by atoms with Gasteiger partial charge in [-0.2, -0.15) is 5.26 Å². The first-order valence-corrected chi connectivity index (χ1v) is 5.90. The summed E-state index contributed by atoms with van der Waals surface area (Å²) in [7, 11) is 1.59. The van der Waals surface area contributed by atoms with E-state index in [-0.39, 0.29) is 21.8 Å². The predicted octanol–water partition coefficient (Wildman–Crippen LogP) is 3.09. The van der Waals surface area contributed by atoms with Gasteiger partial charge in [-0.1, -0.05) is 0 Å². The number of nitrogens with zero attached hydrogens (tertiary/aromatic N) is 3. The summed E-state index contributed by atoms with van der Waals surface area (Å²) in [6.45, 7) is 1.98. The minimum atomic E-state index is -0.577. The first-order chi connectivity index (χ1) is 8.36. The Bertz CT molecular complexity index is 516. The molecular weight excluding hydrogens is 305 g/mol. The van der Waals surface area contributed by atoms with Gasteiger partial charge >= 0.3 is 0 Å². The molecule has 18 heavy (non-hydrogen) atoms. The molecule has 0 aromatic heterocycles. The van der Waals surface area contributed by atoms with Crippen molar-refractivity contribution in [1.29, 1.82) is 5.26 Å². The van der Waals surface area contributed by atoms with Crippen LogP contribution in [0.15, 0.2) is 16.6 Å². The number of hydrogen-bond donors (Lipinski definition) is 0. The molecule has 1 aromatic rings. The van der Waals surface area contributed by atoms with E-state index >= 15 is 0 Å². The molecule has 0 spiro atoms. The van der Waals surface area contributed by atoms with Crippen molar-refractivity contribution in [2.24, 2.45) is 5.92 Å². The average Bonchev–Trinajstić information content (AvgIpc) is 2.31. The van der Waals surface area contributed by atoms with Crippen LogP contribution in [0.5, 0.6) is 0 Å². The van der Waals surface area contributed by atoms with Gasteiger partial charge in [0.2, 0.25) is 0 Å². The Morgan fingerprint density at radius 1 is 1.67 bits per heavy atom. The minimum Gasteiger partial charge on any atom is -0.368 e. The van der Waals surface area contributed by atoms with Gasteiger partial charge in [0.05, 0.1) is 21.4 Å². The zero-order chi connectivity index (χ0) is 13.9. The Kier molecular flexibility index (Phi) is 4.62. The van der Waals surface area contributed by atoms with Crippen LogP contribution < -0.4 is 4.90 Å². The van der Waals surface area contributed by atoms with Crippen LogP contribution in [0.4, 0.5) is 15.8 Å². The Balaban J connectivity index is 3.18. The normalized spacial score (nSPS) is 11.7. The lowest BCUT2D eigenvalue weighted by molar-refractivity contribution is -0.384. The van der Waals surface area contributed by atoms with Crippen molar-refractivity contribution in [3.63, 3.8) is 0 Å². The number of anilines is 1. The molecule has 0 aliphatic carbocycles. The maximum absolute atomic E-state index is 13.4. The van der Waals surface area contributed by atoms with Crippen LogP contribution in [-0.4, -0.2) is 18.5 Å². The standard InChI is InChI=1S/C11H11BrFN3O2/c1-7(5-14)6-15(2)10-4-9(13)8(12)3-11(10)16(17)18/h3-4,7H,6H2,1-2H3. The summed E-state index contributed by atoms with van der Waals surface area (Å²) in [4.78, 5) is 11.8. The van der Waals surface area contributed by atoms with E-state index in [0.717, 1.165) is 12.1 Å². The van der Waals surface area contributed by atoms with Crippen molar-refractivity contribution in [2.45, 2.75) is 6.92 Å². The van der Waals surface area contributed by atoms with Crippen LogP contribution >= 0.6 is 15.9 Å². The van der Waals surface area contributed by atoms with Gasteiger partial charge in [-0.3, -0.25) is 10.1 Å². The molecule has 0 heterocycles. The second-order valence-electron chi connectivity index (χ2n) is 3.92. The second-order valence-corrected chi connectivity index (χ2v) is 4.78. The van der Waals surface area contributed by atoms with Crippen LogP contribution in [-0.2, 0) is 0 Å². The fourth-order valence-electron chi connectivity index (χ4n) is 1.53. The van der Waals surface area contributed by atoms with Gasteiger partial charge in [-0.15, -0.1) is 0 Å². The summed E-state index contributed by atoms with van der Waals surface area (Å²) in [6.07, 6.45) is 0. The molecule has 0 amide bonds. The topological polar surface area (TPSA) is 70.2 Å². The van der Waals surface area contributed by atoms with E-state index in [4.69, 9.17) is 5.26 Å². The number of nitro groups is 1. The summed E-state index contributed by atoms with van der Waals surface area (Å²) >= 11 is 2.91. The molecule has 0 aliphatic rings. The Morgan fingerprint density at radius 3 is 2.78 bits per heavy atom. The molecule has 0 bridgehead atoms. The van der Waals surface area contributed by atoms with Crippen molar-refractivity contribution in [3.8, 4) is 6.07 Å². The summed E-state index contributed by atoms with van der Waals surface area (Å²) in [5, 5.41) is 19.6. The molecule has 0 N–H and O–H groups in total. The molecule has 1 aromatic carbocycles. The van der Waals surface area contributed by atoms with Gasteiger partial charge in [-0.25, -0.2) is 4.39 Å². The smallest absolute Gasteiger partial charge is 0.293 e. The minimum absolute atomic E-state index is 0.0414. The van der Waals surface area contributed by atoms with E-state index in [1.165, 1.54) is 4.90 Å². The fraction of sp³-hybridized carbons (Fsp3) is 0.364. The summed E-state index contributed by atoms with van der Waals surface area (Å²) in [5.74, 6) is -0.881. The predicted molar refractivity (Wildman–Crippen MR) is 68.8 cm³/mol. The number of benzene rings is 1. The highest BCUT2D eigenvalue weighted by atomic mass is 79.9. The molecule has 7 heteroatoms. The number of nitriles is 1. The lowest BCUT2D eigenvalue weighted by atomic mass is 10.1. The van der Waals surface area contributed by atoms with E-state index in [1.54, 1.807) is 14.0 Å². The molecule has 0 fully saturated rings. The van der Waals surface area contributed by atoms with Crippen LogP contribution in [0.2, 0.25) is 0 Å². The molecule has 0 saturated carbocycles. The van der Waals surface area contributed by atoms with Gasteiger partial charge in [0.1, 0.15) is 11.5 Å². The maximum Gasteiger partial charge on any atom is 0.293 e. The summed E-state index contributed by atoms with van der Waals surface area (Å²) in [6, 6.07) is 4.24. The van der Waals surface area contributed by atoms with Crippen molar-refractivity contribution >= 4 is 27.3 Å². The molecule has 0 radical (unpaired) electrons. The van der Waals surface area contributed by atoms with Gasteiger partial charge in [-0.05, 0) is 22.9 Å². The molecular formula is C11H11BrFN3O2. The third-order valence-corrected chi connectivity index (χ3v) is 3.00. The van der Waals surface area contributed by atoms with Crippen LogP contribution in [0.3, 0.4) is 0 Å². The molecule has 0 aliphatic heterocycles. The number of halogens is 2. The molecule has 5 nitrogen and oxygen atoms in total. The number of hydrogen-bond acceptors (Lipinski definition) is 4. The average molecular weight is 316 g/mol. The highest BCUT2D eigenvalue weighted by Gasteiger charge is 2.21. The van der Waals surface area contributed by atoms with E-state index in [9.17, 15) is 14.5 Å². The SMILES string of the molecule is CC(C#N)CN(C)c1cc(F)c(Br)cc1[N+](=O)[O-]. The number of rotatable bonds is 4. The molecule has 1 rings (SSSR count). The highest BCUT2D eigenvalue weighted by molar-refractivity contribution is 9.10. The van der Waals surface area contributed by atoms with E-state index < -0.39 is 10.7 Å². The van der Waals surface area contributed by atoms with Gasteiger partial charge in [0, 0.05) is 25.7 Å². The third-order valence-electron chi connectivity index (χ3n) is 2.39. The first kappa shape index (κ1) is 14.4. The monoisotopic (exact) mass is 315 g/mol. The highest BCUT2D eigenvalue weighted by Crippen LogP contribution is 2.33.